The van der Waals surface area contributed by atoms with Crippen molar-refractivity contribution in [2.45, 2.75) is 0 Å². The fourth-order valence-electron chi connectivity index (χ4n) is 2.21. The molecule has 0 fully saturated rings. The van der Waals surface area contributed by atoms with Gasteiger partial charge in [-0.1, -0.05) is 36.4 Å². The van der Waals surface area contributed by atoms with E-state index in [2.05, 4.69) is 4.98 Å². The molecular formula is C18H17IN2O. The van der Waals surface area contributed by atoms with Crippen LogP contribution in [0.25, 0.3) is 23.1 Å². The van der Waals surface area contributed by atoms with Crippen molar-refractivity contribution in [3.8, 4) is 5.75 Å². The molecule has 0 aliphatic rings. The van der Waals surface area contributed by atoms with Crippen LogP contribution in [-0.2, 0) is 0 Å². The van der Waals surface area contributed by atoms with Gasteiger partial charge in [0.15, 0.2) is 0 Å². The van der Waals surface area contributed by atoms with E-state index in [4.69, 9.17) is 10.5 Å². The maximum absolute atomic E-state index is 6.07. The molecule has 0 saturated carbocycles. The summed E-state index contributed by atoms with van der Waals surface area (Å²) in [6, 6.07) is 17.6. The van der Waals surface area contributed by atoms with Gasteiger partial charge < -0.3 is 10.5 Å². The zero-order valence-corrected chi connectivity index (χ0v) is 14.5. The van der Waals surface area contributed by atoms with Gasteiger partial charge in [0.2, 0.25) is 0 Å². The minimum Gasteiger partial charge on any atom is -0.497 e. The smallest absolute Gasteiger partial charge is 0.118 e. The lowest BCUT2D eigenvalue weighted by Crippen LogP contribution is -1.91. The van der Waals surface area contributed by atoms with E-state index in [1.165, 1.54) is 0 Å². The second-order valence-corrected chi connectivity index (χ2v) is 4.76. The molecule has 2 aromatic carbocycles. The molecular weight excluding hydrogens is 387 g/mol. The Hall–Kier alpha value is -2.08. The van der Waals surface area contributed by atoms with Gasteiger partial charge in [-0.25, -0.2) is 4.98 Å². The summed E-state index contributed by atoms with van der Waals surface area (Å²) >= 11 is 0. The number of fused-ring (bicyclic) bond motifs is 1. The molecule has 3 rings (SSSR count). The van der Waals surface area contributed by atoms with Crippen molar-refractivity contribution in [2.24, 2.45) is 0 Å². The van der Waals surface area contributed by atoms with Gasteiger partial charge in [-0.3, -0.25) is 0 Å². The average molecular weight is 404 g/mol. The highest BCUT2D eigenvalue weighted by Crippen LogP contribution is 2.21. The number of hydrogen-bond acceptors (Lipinski definition) is 3. The Morgan fingerprint density at radius 2 is 1.73 bits per heavy atom. The monoisotopic (exact) mass is 404 g/mol. The number of anilines is 1. The van der Waals surface area contributed by atoms with E-state index in [1.807, 2.05) is 66.7 Å². The highest BCUT2D eigenvalue weighted by Gasteiger charge is 2.00. The molecule has 0 spiro atoms. The first-order valence-corrected chi connectivity index (χ1v) is 6.74. The summed E-state index contributed by atoms with van der Waals surface area (Å²) in [5.41, 5.74) is 9.66. The van der Waals surface area contributed by atoms with Crippen LogP contribution in [0.2, 0.25) is 0 Å². The molecule has 1 aromatic heterocycles. The van der Waals surface area contributed by atoms with Crippen molar-refractivity contribution in [3.63, 3.8) is 0 Å². The Balaban J connectivity index is 0.00000176. The van der Waals surface area contributed by atoms with Gasteiger partial charge in [-0.05, 0) is 35.9 Å². The average Bonchev–Trinajstić information content (AvgIpc) is 2.53. The number of rotatable bonds is 3. The molecule has 0 saturated heterocycles. The first-order valence-electron chi connectivity index (χ1n) is 6.74. The third-order valence-electron chi connectivity index (χ3n) is 3.33. The molecule has 0 aliphatic heterocycles. The Kier molecular flexibility index (Phi) is 5.38. The zero-order chi connectivity index (χ0) is 14.7. The fourth-order valence-corrected chi connectivity index (χ4v) is 2.21. The maximum atomic E-state index is 6.07. The van der Waals surface area contributed by atoms with Gasteiger partial charge in [0, 0.05) is 11.1 Å². The lowest BCUT2D eigenvalue weighted by atomic mass is 10.1. The van der Waals surface area contributed by atoms with Gasteiger partial charge >= 0.3 is 0 Å². The molecule has 22 heavy (non-hydrogen) atoms. The first-order chi connectivity index (χ1) is 10.3. The number of para-hydroxylation sites is 1. The molecule has 3 aromatic rings. The van der Waals surface area contributed by atoms with Gasteiger partial charge in [-0.2, -0.15) is 0 Å². The van der Waals surface area contributed by atoms with E-state index in [-0.39, 0.29) is 24.0 Å². The summed E-state index contributed by atoms with van der Waals surface area (Å²) in [5.74, 6) is 0.847. The van der Waals surface area contributed by atoms with Crippen molar-refractivity contribution in [3.05, 3.63) is 65.9 Å². The number of benzene rings is 2. The molecule has 0 radical (unpaired) electrons. The van der Waals surface area contributed by atoms with E-state index in [1.54, 1.807) is 7.11 Å². The third-order valence-corrected chi connectivity index (χ3v) is 3.33. The van der Waals surface area contributed by atoms with E-state index in [0.29, 0.717) is 0 Å². The van der Waals surface area contributed by atoms with E-state index in [0.717, 1.165) is 33.6 Å². The molecule has 0 amide bonds. The number of nitrogens with two attached hydrogens (primary N) is 1. The van der Waals surface area contributed by atoms with Crippen LogP contribution in [0.4, 0.5) is 5.69 Å². The maximum Gasteiger partial charge on any atom is 0.118 e. The van der Waals surface area contributed by atoms with Crippen molar-refractivity contribution < 1.29 is 4.74 Å². The number of methoxy groups -OCH3 is 1. The lowest BCUT2D eigenvalue weighted by Gasteiger charge is -2.03. The Morgan fingerprint density at radius 1 is 1.00 bits per heavy atom. The van der Waals surface area contributed by atoms with Crippen LogP contribution in [-0.4, -0.2) is 12.1 Å². The molecule has 3 nitrogen and oxygen atoms in total. The topological polar surface area (TPSA) is 48.1 Å². The zero-order valence-electron chi connectivity index (χ0n) is 12.2. The number of ether oxygens (including phenoxy) is 1. The van der Waals surface area contributed by atoms with Crippen LogP contribution in [0.15, 0.2) is 54.6 Å². The number of pyridine rings is 1. The van der Waals surface area contributed by atoms with Crippen LogP contribution in [0.3, 0.4) is 0 Å². The molecule has 0 unspecified atom stereocenters. The summed E-state index contributed by atoms with van der Waals surface area (Å²) in [4.78, 5) is 4.59. The standard InChI is InChI=1S/C18H16N2O.HI/c1-21-15-10-7-13(8-11-15)6-9-14-12-17(19)16-4-2-3-5-18(16)20-14;/h2-12H,1H3,(H2,19,20);1H/b9-6+;. The van der Waals surface area contributed by atoms with E-state index < -0.39 is 0 Å². The molecule has 0 aliphatic carbocycles. The van der Waals surface area contributed by atoms with E-state index >= 15 is 0 Å². The first kappa shape index (κ1) is 16.3. The second kappa shape index (κ2) is 7.26. The largest absolute Gasteiger partial charge is 0.497 e. The van der Waals surface area contributed by atoms with Gasteiger partial charge in [-0.15, -0.1) is 24.0 Å². The fraction of sp³-hybridized carbons (Fsp3) is 0.0556. The molecule has 112 valence electrons. The Labute approximate surface area is 146 Å². The van der Waals surface area contributed by atoms with Crippen LogP contribution in [0.1, 0.15) is 11.3 Å². The highest BCUT2D eigenvalue weighted by atomic mass is 127. The quantitative estimate of drug-likeness (QED) is 0.649. The van der Waals surface area contributed by atoms with Crippen LogP contribution in [0.5, 0.6) is 5.75 Å². The molecule has 0 bridgehead atoms. The predicted octanol–water partition coefficient (Wildman–Crippen LogP) is 4.61. The Bertz CT molecular complexity index is 798. The minimum absolute atomic E-state index is 0. The summed E-state index contributed by atoms with van der Waals surface area (Å²) in [6.45, 7) is 0. The van der Waals surface area contributed by atoms with Crippen LogP contribution in [0, 0.1) is 0 Å². The SMILES string of the molecule is COc1ccc(/C=C/c2cc(N)c3ccccc3n2)cc1.I. The lowest BCUT2D eigenvalue weighted by molar-refractivity contribution is 0.415. The highest BCUT2D eigenvalue weighted by molar-refractivity contribution is 14.0. The summed E-state index contributed by atoms with van der Waals surface area (Å²) in [5, 5.41) is 0.985. The number of nitrogens with zero attached hydrogens (tertiary/aromatic N) is 1. The van der Waals surface area contributed by atoms with Crippen molar-refractivity contribution in [1.82, 2.24) is 4.98 Å². The predicted molar refractivity (Wildman–Crippen MR) is 103 cm³/mol. The van der Waals surface area contributed by atoms with Gasteiger partial charge in [0.05, 0.1) is 18.3 Å². The molecule has 1 heterocycles. The van der Waals surface area contributed by atoms with Crippen molar-refractivity contribution >= 4 is 52.7 Å². The van der Waals surface area contributed by atoms with Crippen LogP contribution >= 0.6 is 24.0 Å². The van der Waals surface area contributed by atoms with Gasteiger partial charge in [0.1, 0.15) is 5.75 Å². The number of hydrogen-bond donors (Lipinski definition) is 1. The van der Waals surface area contributed by atoms with Crippen molar-refractivity contribution in [1.29, 1.82) is 0 Å². The normalized spacial score (nSPS) is 10.6. The number of aromatic nitrogens is 1. The van der Waals surface area contributed by atoms with Crippen LogP contribution < -0.4 is 10.5 Å². The number of nitrogen functional groups attached to an aromatic ring is 1. The Morgan fingerprint density at radius 3 is 2.45 bits per heavy atom. The van der Waals surface area contributed by atoms with Crippen molar-refractivity contribution in [2.75, 3.05) is 12.8 Å². The molecule has 2 N–H and O–H groups in total. The third kappa shape index (κ3) is 3.57. The molecule has 0 atom stereocenters. The molecule has 4 heteroatoms. The summed E-state index contributed by atoms with van der Waals surface area (Å²) in [7, 11) is 1.66. The van der Waals surface area contributed by atoms with Gasteiger partial charge in [0.25, 0.3) is 0 Å². The number of halogens is 1. The summed E-state index contributed by atoms with van der Waals surface area (Å²) in [6.07, 6.45) is 3.97. The summed E-state index contributed by atoms with van der Waals surface area (Å²) < 4.78 is 5.14. The van der Waals surface area contributed by atoms with E-state index in [9.17, 15) is 0 Å². The minimum atomic E-state index is 0. The second-order valence-electron chi connectivity index (χ2n) is 4.76.